The quantitative estimate of drug-likeness (QED) is 0.646. The number of hydrazone groups is 1. The van der Waals surface area contributed by atoms with Gasteiger partial charge < -0.3 is 4.74 Å². The molecule has 0 spiro atoms. The van der Waals surface area contributed by atoms with Crippen molar-refractivity contribution in [1.82, 2.24) is 4.98 Å². The number of rotatable bonds is 6. The molecule has 1 heterocycles. The Balaban J connectivity index is 1.94. The van der Waals surface area contributed by atoms with E-state index in [0.29, 0.717) is 0 Å². The number of thiazole rings is 1. The Kier molecular flexibility index (Phi) is 4.92. The van der Waals surface area contributed by atoms with Crippen LogP contribution in [0.3, 0.4) is 0 Å². The first kappa shape index (κ1) is 13.5. The van der Waals surface area contributed by atoms with Gasteiger partial charge in [-0.15, -0.1) is 11.3 Å². The number of ether oxygens (including phenoxy) is 1. The van der Waals surface area contributed by atoms with Gasteiger partial charge in [-0.2, -0.15) is 5.10 Å². The Bertz CT molecular complexity index is 551. The van der Waals surface area contributed by atoms with Crippen LogP contribution in [-0.4, -0.2) is 17.8 Å². The van der Waals surface area contributed by atoms with Crippen molar-refractivity contribution in [2.24, 2.45) is 5.10 Å². The van der Waals surface area contributed by atoms with Crippen LogP contribution in [0.4, 0.5) is 5.13 Å². The smallest absolute Gasteiger partial charge is 0.203 e. The third-order valence-electron chi connectivity index (χ3n) is 2.32. The number of aromatic nitrogens is 1. The second-order valence-corrected chi connectivity index (χ2v) is 4.94. The van der Waals surface area contributed by atoms with Gasteiger partial charge in [-0.3, -0.25) is 5.43 Å². The van der Waals surface area contributed by atoms with Gasteiger partial charge in [0.2, 0.25) is 5.13 Å². The Morgan fingerprint density at radius 3 is 3.11 bits per heavy atom. The van der Waals surface area contributed by atoms with E-state index in [0.717, 1.165) is 35.2 Å². The van der Waals surface area contributed by atoms with E-state index >= 15 is 0 Å². The monoisotopic (exact) mass is 275 g/mol. The van der Waals surface area contributed by atoms with Crippen molar-refractivity contribution in [2.45, 2.75) is 20.3 Å². The van der Waals surface area contributed by atoms with Gasteiger partial charge in [-0.05, 0) is 31.0 Å². The number of benzene rings is 1. The molecule has 0 saturated carbocycles. The first-order valence-electron chi connectivity index (χ1n) is 6.22. The number of hydrogen-bond acceptors (Lipinski definition) is 5. The second kappa shape index (κ2) is 6.89. The summed E-state index contributed by atoms with van der Waals surface area (Å²) >= 11 is 1.54. The van der Waals surface area contributed by atoms with Gasteiger partial charge >= 0.3 is 0 Å². The first-order chi connectivity index (χ1) is 9.28. The van der Waals surface area contributed by atoms with E-state index in [9.17, 15) is 0 Å². The van der Waals surface area contributed by atoms with Gasteiger partial charge in [-0.25, -0.2) is 4.98 Å². The molecule has 0 fully saturated rings. The van der Waals surface area contributed by atoms with Crippen LogP contribution in [0.1, 0.15) is 24.6 Å². The minimum Gasteiger partial charge on any atom is -0.494 e. The van der Waals surface area contributed by atoms with Crippen LogP contribution < -0.4 is 10.2 Å². The van der Waals surface area contributed by atoms with Crippen molar-refractivity contribution in [3.05, 3.63) is 40.9 Å². The molecule has 0 aliphatic carbocycles. The zero-order chi connectivity index (χ0) is 13.5. The van der Waals surface area contributed by atoms with Crippen molar-refractivity contribution < 1.29 is 4.74 Å². The molecule has 1 N–H and O–H groups in total. The number of aryl methyl sites for hydroxylation is 1. The Morgan fingerprint density at radius 2 is 2.37 bits per heavy atom. The molecule has 0 unspecified atom stereocenters. The van der Waals surface area contributed by atoms with Gasteiger partial charge in [0.25, 0.3) is 0 Å². The van der Waals surface area contributed by atoms with Crippen molar-refractivity contribution in [1.29, 1.82) is 0 Å². The number of nitrogens with one attached hydrogen (secondary N) is 1. The fourth-order valence-electron chi connectivity index (χ4n) is 1.47. The minimum atomic E-state index is 0.733. The van der Waals surface area contributed by atoms with E-state index in [1.165, 1.54) is 11.3 Å². The van der Waals surface area contributed by atoms with E-state index in [2.05, 4.69) is 22.4 Å². The largest absolute Gasteiger partial charge is 0.494 e. The molecule has 5 heteroatoms. The van der Waals surface area contributed by atoms with Crippen LogP contribution in [0, 0.1) is 6.92 Å². The van der Waals surface area contributed by atoms with Crippen molar-refractivity contribution in [2.75, 3.05) is 12.0 Å². The highest BCUT2D eigenvalue weighted by atomic mass is 32.1. The maximum absolute atomic E-state index is 5.57. The summed E-state index contributed by atoms with van der Waals surface area (Å²) in [5.74, 6) is 0.871. The van der Waals surface area contributed by atoms with Crippen LogP contribution in [0.2, 0.25) is 0 Å². The predicted molar refractivity (Wildman–Crippen MR) is 80.3 cm³/mol. The van der Waals surface area contributed by atoms with Gasteiger partial charge in [0.05, 0.1) is 18.5 Å². The summed E-state index contributed by atoms with van der Waals surface area (Å²) in [5.41, 5.74) is 4.91. The second-order valence-electron chi connectivity index (χ2n) is 4.08. The molecular formula is C14H17N3OS. The lowest BCUT2D eigenvalue weighted by molar-refractivity contribution is 0.317. The lowest BCUT2D eigenvalue weighted by atomic mass is 10.2. The molecule has 0 aliphatic heterocycles. The summed E-state index contributed by atoms with van der Waals surface area (Å²) in [7, 11) is 0. The average molecular weight is 275 g/mol. The fraction of sp³-hybridized carbons (Fsp3) is 0.286. The molecular weight excluding hydrogens is 258 g/mol. The fourth-order valence-corrected chi connectivity index (χ4v) is 2.11. The first-order valence-corrected chi connectivity index (χ1v) is 7.10. The predicted octanol–water partition coefficient (Wildman–Crippen LogP) is 3.69. The Morgan fingerprint density at radius 1 is 1.47 bits per heavy atom. The van der Waals surface area contributed by atoms with Gasteiger partial charge in [0.15, 0.2) is 0 Å². The molecule has 19 heavy (non-hydrogen) atoms. The third-order valence-corrected chi connectivity index (χ3v) is 3.19. The standard InChI is InChI=1S/C14H17N3OS/c1-3-7-18-13-6-4-5-12(8-13)9-15-17-14-16-11(2)10-19-14/h4-6,8-10H,3,7H2,1-2H3,(H,16,17). The summed E-state index contributed by atoms with van der Waals surface area (Å²) in [6, 6.07) is 7.86. The van der Waals surface area contributed by atoms with E-state index < -0.39 is 0 Å². The summed E-state index contributed by atoms with van der Waals surface area (Å²) in [6.07, 6.45) is 2.76. The topological polar surface area (TPSA) is 46.5 Å². The maximum Gasteiger partial charge on any atom is 0.203 e. The SMILES string of the molecule is CCCOc1cccc(C=NNc2nc(C)cs2)c1. The summed E-state index contributed by atoms with van der Waals surface area (Å²) in [4.78, 5) is 4.27. The number of anilines is 1. The van der Waals surface area contributed by atoms with Crippen LogP contribution in [0.15, 0.2) is 34.7 Å². The van der Waals surface area contributed by atoms with Crippen LogP contribution in [-0.2, 0) is 0 Å². The lowest BCUT2D eigenvalue weighted by Gasteiger charge is -2.04. The highest BCUT2D eigenvalue weighted by Crippen LogP contribution is 2.15. The van der Waals surface area contributed by atoms with E-state index in [1.807, 2.05) is 36.6 Å². The highest BCUT2D eigenvalue weighted by molar-refractivity contribution is 7.13. The normalized spacial score (nSPS) is 10.8. The molecule has 2 aromatic rings. The number of hydrogen-bond donors (Lipinski definition) is 1. The van der Waals surface area contributed by atoms with Crippen LogP contribution in [0.5, 0.6) is 5.75 Å². The van der Waals surface area contributed by atoms with E-state index in [4.69, 9.17) is 4.74 Å². The molecule has 4 nitrogen and oxygen atoms in total. The molecule has 2 rings (SSSR count). The summed E-state index contributed by atoms with van der Waals surface area (Å²) < 4.78 is 5.57. The average Bonchev–Trinajstić information content (AvgIpc) is 2.83. The van der Waals surface area contributed by atoms with Crippen LogP contribution in [0.25, 0.3) is 0 Å². The summed E-state index contributed by atoms with van der Waals surface area (Å²) in [5, 5.41) is 6.95. The van der Waals surface area contributed by atoms with Gasteiger partial charge in [-0.1, -0.05) is 19.1 Å². The Labute approximate surface area is 117 Å². The zero-order valence-electron chi connectivity index (χ0n) is 11.1. The number of nitrogens with zero attached hydrogens (tertiary/aromatic N) is 2. The third kappa shape index (κ3) is 4.37. The Hall–Kier alpha value is -1.88. The molecule has 100 valence electrons. The molecule has 0 atom stereocenters. The lowest BCUT2D eigenvalue weighted by Crippen LogP contribution is -1.96. The van der Waals surface area contributed by atoms with Gasteiger partial charge in [0, 0.05) is 5.38 Å². The van der Waals surface area contributed by atoms with E-state index in [-0.39, 0.29) is 0 Å². The molecule has 0 aliphatic rings. The van der Waals surface area contributed by atoms with Crippen LogP contribution >= 0.6 is 11.3 Å². The highest BCUT2D eigenvalue weighted by Gasteiger charge is 1.96. The minimum absolute atomic E-state index is 0.733. The summed E-state index contributed by atoms with van der Waals surface area (Å²) in [6.45, 7) is 4.78. The maximum atomic E-state index is 5.57. The van der Waals surface area contributed by atoms with E-state index in [1.54, 1.807) is 6.21 Å². The zero-order valence-corrected chi connectivity index (χ0v) is 11.9. The molecule has 0 bridgehead atoms. The van der Waals surface area contributed by atoms with Crippen molar-refractivity contribution in [3.8, 4) is 5.75 Å². The van der Waals surface area contributed by atoms with Gasteiger partial charge in [0.1, 0.15) is 5.75 Å². The van der Waals surface area contributed by atoms with Crippen molar-refractivity contribution in [3.63, 3.8) is 0 Å². The molecule has 0 saturated heterocycles. The van der Waals surface area contributed by atoms with Crippen molar-refractivity contribution >= 4 is 22.7 Å². The molecule has 0 amide bonds. The molecule has 1 aromatic carbocycles. The molecule has 0 radical (unpaired) electrons. The molecule has 1 aromatic heterocycles.